The summed E-state index contributed by atoms with van der Waals surface area (Å²) in [5, 5.41) is 4.34. The lowest BCUT2D eigenvalue weighted by atomic mass is 9.93. The molecule has 0 saturated carbocycles. The zero-order valence-corrected chi connectivity index (χ0v) is 12.9. The van der Waals surface area contributed by atoms with Crippen molar-refractivity contribution in [3.63, 3.8) is 0 Å². The number of amides is 1. The molecule has 19 heavy (non-hydrogen) atoms. The monoisotopic (exact) mass is 266 g/mol. The number of hydrogen-bond donors (Lipinski definition) is 1. The van der Waals surface area contributed by atoms with Crippen molar-refractivity contribution in [1.82, 2.24) is 14.7 Å². The first kappa shape index (κ1) is 15.7. The molecule has 1 aromatic rings. The van der Waals surface area contributed by atoms with E-state index in [-0.39, 0.29) is 11.3 Å². The predicted octanol–water partition coefficient (Wildman–Crippen LogP) is 1.02. The van der Waals surface area contributed by atoms with Crippen molar-refractivity contribution in [3.05, 3.63) is 17.0 Å². The molecule has 0 saturated heterocycles. The van der Waals surface area contributed by atoms with Gasteiger partial charge in [0.2, 0.25) is 5.91 Å². The fourth-order valence-electron chi connectivity index (χ4n) is 2.15. The zero-order valence-electron chi connectivity index (χ0n) is 12.9. The Morgan fingerprint density at radius 2 is 2.00 bits per heavy atom. The van der Waals surface area contributed by atoms with Crippen LogP contribution in [0.2, 0.25) is 0 Å². The fourth-order valence-corrected chi connectivity index (χ4v) is 2.15. The average Bonchev–Trinajstić information content (AvgIpc) is 2.55. The van der Waals surface area contributed by atoms with Gasteiger partial charge in [0.05, 0.1) is 12.1 Å². The van der Waals surface area contributed by atoms with Gasteiger partial charge in [-0.1, -0.05) is 13.8 Å². The number of nitrogens with zero attached hydrogens (tertiary/aromatic N) is 3. The highest BCUT2D eigenvalue weighted by Crippen LogP contribution is 2.17. The molecular weight excluding hydrogens is 240 g/mol. The van der Waals surface area contributed by atoms with Crippen LogP contribution in [0.25, 0.3) is 0 Å². The van der Waals surface area contributed by atoms with Crippen LogP contribution >= 0.6 is 0 Å². The first-order valence-corrected chi connectivity index (χ1v) is 6.61. The summed E-state index contributed by atoms with van der Waals surface area (Å²) in [5.74, 6) is 0.112. The van der Waals surface area contributed by atoms with Crippen LogP contribution in [0.3, 0.4) is 0 Å². The molecule has 1 amide bonds. The smallest absolute Gasteiger partial charge is 0.226 e. The Morgan fingerprint density at radius 1 is 1.42 bits per heavy atom. The predicted molar refractivity (Wildman–Crippen MR) is 76.9 cm³/mol. The van der Waals surface area contributed by atoms with Crippen LogP contribution in [0.5, 0.6) is 0 Å². The molecular formula is C14H26N4O. The van der Waals surface area contributed by atoms with Crippen LogP contribution in [-0.4, -0.2) is 40.7 Å². The van der Waals surface area contributed by atoms with Crippen molar-refractivity contribution < 1.29 is 4.79 Å². The normalized spacial score (nSPS) is 11.7. The van der Waals surface area contributed by atoms with Crippen molar-refractivity contribution in [3.8, 4) is 0 Å². The Hall–Kier alpha value is -1.36. The van der Waals surface area contributed by atoms with E-state index in [0.717, 1.165) is 17.0 Å². The van der Waals surface area contributed by atoms with Gasteiger partial charge >= 0.3 is 0 Å². The highest BCUT2D eigenvalue weighted by atomic mass is 16.2. The van der Waals surface area contributed by atoms with Gasteiger partial charge in [0.15, 0.2) is 0 Å². The minimum atomic E-state index is -0.0521. The van der Waals surface area contributed by atoms with Gasteiger partial charge in [0.25, 0.3) is 0 Å². The lowest BCUT2D eigenvalue weighted by molar-refractivity contribution is -0.130. The van der Waals surface area contributed by atoms with E-state index in [2.05, 4.69) is 18.9 Å². The molecule has 1 heterocycles. The third-order valence-corrected chi connectivity index (χ3v) is 3.63. The molecule has 0 unspecified atom stereocenters. The number of hydrogen-bond acceptors (Lipinski definition) is 3. The largest absolute Gasteiger partial charge is 0.345 e. The van der Waals surface area contributed by atoms with E-state index < -0.39 is 0 Å². The maximum Gasteiger partial charge on any atom is 0.226 e. The molecule has 2 N–H and O–H groups in total. The molecule has 0 radical (unpaired) electrons. The quantitative estimate of drug-likeness (QED) is 0.865. The minimum absolute atomic E-state index is 0.0521. The topological polar surface area (TPSA) is 64.2 Å². The van der Waals surface area contributed by atoms with Gasteiger partial charge in [0, 0.05) is 31.9 Å². The fraction of sp³-hybridized carbons (Fsp3) is 0.714. The number of carbonyl (C=O) groups is 1. The summed E-state index contributed by atoms with van der Waals surface area (Å²) >= 11 is 0. The van der Waals surface area contributed by atoms with Gasteiger partial charge in [-0.05, 0) is 25.8 Å². The molecule has 0 atom stereocenters. The van der Waals surface area contributed by atoms with E-state index in [1.807, 2.05) is 32.6 Å². The maximum absolute atomic E-state index is 12.3. The van der Waals surface area contributed by atoms with Crippen LogP contribution in [0.15, 0.2) is 0 Å². The highest BCUT2D eigenvalue weighted by molar-refractivity contribution is 5.79. The van der Waals surface area contributed by atoms with Gasteiger partial charge in [-0.15, -0.1) is 0 Å². The third kappa shape index (κ3) is 3.80. The molecule has 0 fully saturated rings. The molecule has 0 aliphatic carbocycles. The molecule has 0 aliphatic heterocycles. The van der Waals surface area contributed by atoms with Crippen molar-refractivity contribution in [2.75, 3.05) is 20.1 Å². The average molecular weight is 266 g/mol. The van der Waals surface area contributed by atoms with E-state index in [9.17, 15) is 4.79 Å². The molecule has 0 aromatic carbocycles. The van der Waals surface area contributed by atoms with Crippen LogP contribution in [0.1, 0.15) is 30.8 Å². The minimum Gasteiger partial charge on any atom is -0.345 e. The van der Waals surface area contributed by atoms with Crippen LogP contribution in [0.4, 0.5) is 0 Å². The van der Waals surface area contributed by atoms with Crippen molar-refractivity contribution in [1.29, 1.82) is 0 Å². The van der Waals surface area contributed by atoms with Gasteiger partial charge in [-0.25, -0.2) is 0 Å². The number of rotatable bonds is 5. The zero-order chi connectivity index (χ0) is 14.8. The number of aromatic nitrogens is 2. The van der Waals surface area contributed by atoms with Crippen molar-refractivity contribution in [2.45, 2.75) is 34.1 Å². The van der Waals surface area contributed by atoms with Crippen LogP contribution < -0.4 is 5.73 Å². The van der Waals surface area contributed by atoms with Crippen molar-refractivity contribution in [2.24, 2.45) is 18.2 Å². The summed E-state index contributed by atoms with van der Waals surface area (Å²) in [6.45, 7) is 9.30. The Labute approximate surface area is 115 Å². The van der Waals surface area contributed by atoms with Crippen molar-refractivity contribution >= 4 is 5.91 Å². The third-order valence-electron chi connectivity index (χ3n) is 3.63. The van der Waals surface area contributed by atoms with Gasteiger partial charge in [0.1, 0.15) is 0 Å². The highest BCUT2D eigenvalue weighted by Gasteiger charge is 2.22. The summed E-state index contributed by atoms with van der Waals surface area (Å²) in [6, 6.07) is 0. The number of nitrogens with two attached hydrogens (primary N) is 1. The molecule has 1 rings (SSSR count). The summed E-state index contributed by atoms with van der Waals surface area (Å²) in [6.07, 6.45) is 0.405. The van der Waals surface area contributed by atoms with E-state index in [4.69, 9.17) is 5.73 Å². The van der Waals surface area contributed by atoms with Gasteiger partial charge in [-0.2, -0.15) is 5.10 Å². The first-order valence-electron chi connectivity index (χ1n) is 6.61. The van der Waals surface area contributed by atoms with Gasteiger partial charge < -0.3 is 10.6 Å². The maximum atomic E-state index is 12.3. The number of aryl methyl sites for hydroxylation is 2. The Kier molecular flexibility index (Phi) is 4.74. The SMILES string of the molecule is Cc1nn(C)c(C)c1CC(=O)N(C)CC(C)(C)CN. The lowest BCUT2D eigenvalue weighted by Gasteiger charge is -2.29. The second kappa shape index (κ2) is 5.74. The van der Waals surface area contributed by atoms with Crippen LogP contribution in [0, 0.1) is 19.3 Å². The molecule has 5 nitrogen and oxygen atoms in total. The Morgan fingerprint density at radius 3 is 2.42 bits per heavy atom. The van der Waals surface area contributed by atoms with E-state index in [1.54, 1.807) is 4.90 Å². The summed E-state index contributed by atoms with van der Waals surface area (Å²) < 4.78 is 1.82. The summed E-state index contributed by atoms with van der Waals surface area (Å²) in [5.41, 5.74) is 8.67. The Bertz CT molecular complexity index is 462. The standard InChI is InChI=1S/C14H26N4O/c1-10-12(11(2)18(6)16-10)7-13(19)17(5)9-14(3,4)8-15/h7-9,15H2,1-6H3. The lowest BCUT2D eigenvalue weighted by Crippen LogP contribution is -2.40. The van der Waals surface area contributed by atoms with E-state index in [0.29, 0.717) is 19.5 Å². The summed E-state index contributed by atoms with van der Waals surface area (Å²) in [4.78, 5) is 14.0. The second-order valence-electron chi connectivity index (χ2n) is 6.07. The second-order valence-corrected chi connectivity index (χ2v) is 6.07. The molecule has 0 bridgehead atoms. The molecule has 0 aliphatic rings. The summed E-state index contributed by atoms with van der Waals surface area (Å²) in [7, 11) is 3.73. The first-order chi connectivity index (χ1) is 8.68. The number of likely N-dealkylation sites (N-methyl/N-ethyl adjacent to an activating group) is 1. The molecule has 108 valence electrons. The number of carbonyl (C=O) groups excluding carboxylic acids is 1. The van der Waals surface area contributed by atoms with E-state index in [1.165, 1.54) is 0 Å². The molecule has 5 heteroatoms. The molecule has 0 spiro atoms. The van der Waals surface area contributed by atoms with E-state index >= 15 is 0 Å². The van der Waals surface area contributed by atoms with Gasteiger partial charge in [-0.3, -0.25) is 9.48 Å². The molecule has 1 aromatic heterocycles. The van der Waals surface area contributed by atoms with Crippen LogP contribution in [-0.2, 0) is 18.3 Å². The Balaban J connectivity index is 2.74.